The van der Waals surface area contributed by atoms with Crippen molar-refractivity contribution in [3.63, 3.8) is 0 Å². The number of fused-ring (bicyclic) bond motifs is 1. The summed E-state index contributed by atoms with van der Waals surface area (Å²) in [6.07, 6.45) is 1.50. The number of rotatable bonds is 2. The lowest BCUT2D eigenvalue weighted by Crippen LogP contribution is -2.02. The summed E-state index contributed by atoms with van der Waals surface area (Å²) in [6, 6.07) is 9.43. The quantitative estimate of drug-likeness (QED) is 0.867. The predicted molar refractivity (Wildman–Crippen MR) is 71.0 cm³/mol. The smallest absolute Gasteiger partial charge is 0.355 e. The summed E-state index contributed by atoms with van der Waals surface area (Å²) in [5, 5.41) is 12.4. The van der Waals surface area contributed by atoms with Gasteiger partial charge in [-0.15, -0.1) is 11.8 Å². The van der Waals surface area contributed by atoms with Gasteiger partial charge in [-0.2, -0.15) is 0 Å². The number of carboxylic acid groups (broad SMARTS) is 1. The van der Waals surface area contributed by atoms with Crippen molar-refractivity contribution < 1.29 is 9.90 Å². The van der Waals surface area contributed by atoms with Crippen LogP contribution in [0.3, 0.4) is 0 Å². The van der Waals surface area contributed by atoms with E-state index in [2.05, 4.69) is 10.3 Å². The molecule has 0 bridgehead atoms. The molecule has 0 saturated heterocycles. The van der Waals surface area contributed by atoms with E-state index in [0.29, 0.717) is 5.56 Å². The summed E-state index contributed by atoms with van der Waals surface area (Å²) >= 11 is 1.71. The molecule has 0 atom stereocenters. The lowest BCUT2D eigenvalue weighted by Gasteiger charge is -2.06. The third kappa shape index (κ3) is 1.82. The number of carboxylic acids is 1. The molecule has 0 amide bonds. The molecule has 2 heterocycles. The van der Waals surface area contributed by atoms with Crippen LogP contribution in [0.1, 0.15) is 10.5 Å². The molecule has 1 aromatic carbocycles. The summed E-state index contributed by atoms with van der Waals surface area (Å²) in [5.41, 5.74) is 2.73. The van der Waals surface area contributed by atoms with Gasteiger partial charge < -0.3 is 10.4 Å². The third-order valence-electron chi connectivity index (χ3n) is 2.79. The Morgan fingerprint density at radius 3 is 3.11 bits per heavy atom. The second-order valence-electron chi connectivity index (χ2n) is 3.88. The molecule has 90 valence electrons. The maximum Gasteiger partial charge on any atom is 0.355 e. The van der Waals surface area contributed by atoms with Gasteiger partial charge in [-0.1, -0.05) is 12.1 Å². The van der Waals surface area contributed by atoms with E-state index < -0.39 is 5.97 Å². The van der Waals surface area contributed by atoms with Crippen LogP contribution >= 0.6 is 11.8 Å². The number of nitrogens with one attached hydrogen (secondary N) is 1. The number of nitrogens with zero attached hydrogens (tertiary/aromatic N) is 1. The van der Waals surface area contributed by atoms with E-state index in [1.54, 1.807) is 23.9 Å². The van der Waals surface area contributed by atoms with Crippen LogP contribution in [0.2, 0.25) is 0 Å². The fourth-order valence-corrected chi connectivity index (χ4v) is 2.84. The molecule has 0 spiro atoms. The molecule has 0 unspecified atom stereocenters. The van der Waals surface area contributed by atoms with Crippen molar-refractivity contribution in [3.8, 4) is 11.1 Å². The lowest BCUT2D eigenvalue weighted by molar-refractivity contribution is 0.0691. The number of aromatic carboxylic acids is 1. The van der Waals surface area contributed by atoms with E-state index in [1.165, 1.54) is 6.20 Å². The van der Waals surface area contributed by atoms with Gasteiger partial charge in [0.05, 0.1) is 5.88 Å². The van der Waals surface area contributed by atoms with Gasteiger partial charge in [-0.3, -0.25) is 0 Å². The van der Waals surface area contributed by atoms with Crippen molar-refractivity contribution in [2.24, 2.45) is 0 Å². The maximum atomic E-state index is 11.1. The zero-order valence-electron chi connectivity index (χ0n) is 9.38. The first-order chi connectivity index (χ1) is 8.75. The minimum atomic E-state index is -1.00. The van der Waals surface area contributed by atoms with Gasteiger partial charge in [-0.05, 0) is 23.8 Å². The van der Waals surface area contributed by atoms with E-state index in [4.69, 9.17) is 5.11 Å². The van der Waals surface area contributed by atoms with Crippen LogP contribution in [0.5, 0.6) is 0 Å². The molecular weight excluding hydrogens is 248 g/mol. The van der Waals surface area contributed by atoms with Crippen molar-refractivity contribution in [1.29, 1.82) is 0 Å². The SMILES string of the molecule is O=C(O)c1ncccc1-c1ccc2c(c1)SCN2. The molecule has 18 heavy (non-hydrogen) atoms. The highest BCUT2D eigenvalue weighted by Gasteiger charge is 2.16. The van der Waals surface area contributed by atoms with Crippen molar-refractivity contribution in [3.05, 3.63) is 42.2 Å². The van der Waals surface area contributed by atoms with Crippen LogP contribution in [0.4, 0.5) is 5.69 Å². The fourth-order valence-electron chi connectivity index (χ4n) is 1.96. The second kappa shape index (κ2) is 4.34. The molecule has 1 aliphatic heterocycles. The molecule has 5 heteroatoms. The van der Waals surface area contributed by atoms with Gasteiger partial charge in [0.25, 0.3) is 0 Å². The topological polar surface area (TPSA) is 62.2 Å². The Hall–Kier alpha value is -2.01. The van der Waals surface area contributed by atoms with Crippen LogP contribution in [0.15, 0.2) is 41.4 Å². The number of thioether (sulfide) groups is 1. The van der Waals surface area contributed by atoms with Crippen molar-refractivity contribution in [1.82, 2.24) is 4.98 Å². The van der Waals surface area contributed by atoms with Crippen LogP contribution in [0, 0.1) is 0 Å². The number of carbonyl (C=O) groups is 1. The first kappa shape index (κ1) is 11.1. The van der Waals surface area contributed by atoms with Gasteiger partial charge in [0.2, 0.25) is 0 Å². The molecule has 2 aromatic rings. The number of aromatic nitrogens is 1. The number of benzene rings is 1. The van der Waals surface area contributed by atoms with Crippen LogP contribution in [0.25, 0.3) is 11.1 Å². The molecule has 1 aliphatic rings. The van der Waals surface area contributed by atoms with Gasteiger partial charge in [0.1, 0.15) is 0 Å². The van der Waals surface area contributed by atoms with Crippen LogP contribution in [-0.4, -0.2) is 21.9 Å². The first-order valence-corrected chi connectivity index (χ1v) is 6.43. The van der Waals surface area contributed by atoms with Gasteiger partial charge >= 0.3 is 5.97 Å². The molecule has 0 saturated carbocycles. The first-order valence-electron chi connectivity index (χ1n) is 5.45. The Bertz CT molecular complexity index is 628. The zero-order chi connectivity index (χ0) is 12.5. The molecule has 3 rings (SSSR count). The Morgan fingerprint density at radius 1 is 1.39 bits per heavy atom. The van der Waals surface area contributed by atoms with Crippen molar-refractivity contribution in [2.45, 2.75) is 4.90 Å². The Balaban J connectivity index is 2.13. The Labute approximate surface area is 108 Å². The summed E-state index contributed by atoms with van der Waals surface area (Å²) < 4.78 is 0. The van der Waals surface area contributed by atoms with Gasteiger partial charge in [-0.25, -0.2) is 9.78 Å². The summed E-state index contributed by atoms with van der Waals surface area (Å²) in [5.74, 6) is -0.144. The highest BCUT2D eigenvalue weighted by molar-refractivity contribution is 7.99. The highest BCUT2D eigenvalue weighted by Crippen LogP contribution is 2.37. The largest absolute Gasteiger partial charge is 0.476 e. The molecular formula is C13H10N2O2S. The lowest BCUT2D eigenvalue weighted by atomic mass is 10.0. The van der Waals surface area contributed by atoms with Gasteiger partial charge in [0.15, 0.2) is 5.69 Å². The molecule has 0 radical (unpaired) electrons. The van der Waals surface area contributed by atoms with E-state index in [9.17, 15) is 4.79 Å². The molecule has 1 aromatic heterocycles. The Kier molecular flexibility index (Phi) is 2.68. The third-order valence-corrected chi connectivity index (χ3v) is 3.73. The average Bonchev–Trinajstić information content (AvgIpc) is 2.85. The number of hydrogen-bond acceptors (Lipinski definition) is 4. The van der Waals surface area contributed by atoms with Crippen molar-refractivity contribution >= 4 is 23.4 Å². The van der Waals surface area contributed by atoms with E-state index in [-0.39, 0.29) is 5.69 Å². The fraction of sp³-hybridized carbons (Fsp3) is 0.0769. The van der Waals surface area contributed by atoms with E-state index in [0.717, 1.165) is 22.0 Å². The maximum absolute atomic E-state index is 11.1. The second-order valence-corrected chi connectivity index (χ2v) is 4.90. The Morgan fingerprint density at radius 2 is 2.28 bits per heavy atom. The zero-order valence-corrected chi connectivity index (χ0v) is 10.2. The minimum absolute atomic E-state index is 0.0911. The molecule has 0 aliphatic carbocycles. The average molecular weight is 258 g/mol. The predicted octanol–water partition coefficient (Wildman–Crippen LogP) is 2.92. The van der Waals surface area contributed by atoms with Crippen LogP contribution in [-0.2, 0) is 0 Å². The van der Waals surface area contributed by atoms with Crippen LogP contribution < -0.4 is 5.32 Å². The number of anilines is 1. The summed E-state index contributed by atoms with van der Waals surface area (Å²) in [6.45, 7) is 0. The van der Waals surface area contributed by atoms with Crippen molar-refractivity contribution in [2.75, 3.05) is 11.2 Å². The molecule has 0 fully saturated rings. The minimum Gasteiger partial charge on any atom is -0.476 e. The molecule has 4 nitrogen and oxygen atoms in total. The summed E-state index contributed by atoms with van der Waals surface area (Å²) in [4.78, 5) is 16.2. The normalized spacial score (nSPS) is 12.9. The standard InChI is InChI=1S/C13H10N2O2S/c16-13(17)12-9(2-1-5-14-12)8-3-4-10-11(6-8)18-7-15-10/h1-6,15H,7H2,(H,16,17). The molecule has 2 N–H and O–H groups in total. The van der Waals surface area contributed by atoms with E-state index >= 15 is 0 Å². The van der Waals surface area contributed by atoms with Gasteiger partial charge in [0, 0.05) is 22.3 Å². The number of hydrogen-bond donors (Lipinski definition) is 2. The monoisotopic (exact) mass is 258 g/mol. The summed E-state index contributed by atoms with van der Waals surface area (Å²) in [7, 11) is 0. The number of pyridine rings is 1. The highest BCUT2D eigenvalue weighted by atomic mass is 32.2. The van der Waals surface area contributed by atoms with E-state index in [1.807, 2.05) is 18.2 Å².